The Morgan fingerprint density at radius 1 is 1.06 bits per heavy atom. The summed E-state index contributed by atoms with van der Waals surface area (Å²) in [4.78, 5) is 34.6. The standard InChI is InChI=1S/C13H14N2O3/c1-2-9(8-6-4-3-5-7-8)10-11(16)14-13(18)15-12(10)17/h3-7,9-10H,2H2,1H3,(H2,14,15,16,17,18)/t9-/m1/s1. The van der Waals surface area contributed by atoms with Gasteiger partial charge in [-0.2, -0.15) is 0 Å². The minimum absolute atomic E-state index is 0.223. The van der Waals surface area contributed by atoms with E-state index < -0.39 is 23.8 Å². The number of imide groups is 2. The summed E-state index contributed by atoms with van der Waals surface area (Å²) in [6.07, 6.45) is 0.643. The van der Waals surface area contributed by atoms with Gasteiger partial charge in [0.1, 0.15) is 5.92 Å². The van der Waals surface area contributed by atoms with Crippen molar-refractivity contribution in [1.29, 1.82) is 0 Å². The van der Waals surface area contributed by atoms with Crippen LogP contribution in [0.25, 0.3) is 0 Å². The van der Waals surface area contributed by atoms with Crippen molar-refractivity contribution in [3.05, 3.63) is 35.9 Å². The van der Waals surface area contributed by atoms with Crippen LogP contribution in [0, 0.1) is 5.92 Å². The molecule has 0 spiro atoms. The number of carbonyl (C=O) groups excluding carboxylic acids is 3. The topological polar surface area (TPSA) is 75.3 Å². The molecule has 5 nitrogen and oxygen atoms in total. The van der Waals surface area contributed by atoms with Crippen molar-refractivity contribution in [2.24, 2.45) is 5.92 Å². The normalized spacial score (nSPS) is 18.2. The Bertz CT molecular complexity index is 464. The average Bonchev–Trinajstić information content (AvgIpc) is 2.34. The highest BCUT2D eigenvalue weighted by atomic mass is 16.2. The number of carbonyl (C=O) groups is 3. The number of amides is 4. The maximum Gasteiger partial charge on any atom is 0.328 e. The van der Waals surface area contributed by atoms with E-state index in [0.29, 0.717) is 6.42 Å². The molecular weight excluding hydrogens is 232 g/mol. The molecule has 1 aliphatic rings. The molecule has 1 saturated heterocycles. The number of hydrogen-bond acceptors (Lipinski definition) is 3. The van der Waals surface area contributed by atoms with E-state index in [0.717, 1.165) is 5.56 Å². The van der Waals surface area contributed by atoms with Crippen LogP contribution in [0.5, 0.6) is 0 Å². The Balaban J connectivity index is 2.30. The van der Waals surface area contributed by atoms with Crippen LogP contribution in [0.2, 0.25) is 0 Å². The van der Waals surface area contributed by atoms with Gasteiger partial charge in [0.15, 0.2) is 0 Å². The van der Waals surface area contributed by atoms with Crippen LogP contribution in [0.1, 0.15) is 24.8 Å². The summed E-state index contributed by atoms with van der Waals surface area (Å²) in [6.45, 7) is 1.91. The molecule has 0 bridgehead atoms. The van der Waals surface area contributed by atoms with Gasteiger partial charge in [-0.15, -0.1) is 0 Å². The summed E-state index contributed by atoms with van der Waals surface area (Å²) in [5.41, 5.74) is 0.921. The van der Waals surface area contributed by atoms with Gasteiger partial charge in [-0.3, -0.25) is 20.2 Å². The lowest BCUT2D eigenvalue weighted by molar-refractivity contribution is -0.136. The Morgan fingerprint density at radius 2 is 1.61 bits per heavy atom. The first-order valence-corrected chi connectivity index (χ1v) is 5.84. The van der Waals surface area contributed by atoms with Crippen molar-refractivity contribution >= 4 is 17.8 Å². The van der Waals surface area contributed by atoms with Crippen LogP contribution in [0.15, 0.2) is 30.3 Å². The predicted molar refractivity (Wildman–Crippen MR) is 64.6 cm³/mol. The van der Waals surface area contributed by atoms with E-state index >= 15 is 0 Å². The van der Waals surface area contributed by atoms with Gasteiger partial charge in [-0.05, 0) is 12.0 Å². The first-order valence-electron chi connectivity index (χ1n) is 5.84. The lowest BCUT2D eigenvalue weighted by Crippen LogP contribution is -2.57. The van der Waals surface area contributed by atoms with Crippen LogP contribution in [-0.4, -0.2) is 17.8 Å². The Morgan fingerprint density at radius 3 is 2.11 bits per heavy atom. The van der Waals surface area contributed by atoms with Gasteiger partial charge < -0.3 is 0 Å². The fourth-order valence-corrected chi connectivity index (χ4v) is 2.26. The summed E-state index contributed by atoms with van der Waals surface area (Å²) < 4.78 is 0. The molecule has 1 fully saturated rings. The maximum absolute atomic E-state index is 11.8. The molecule has 2 N–H and O–H groups in total. The lowest BCUT2D eigenvalue weighted by Gasteiger charge is -2.27. The van der Waals surface area contributed by atoms with Crippen LogP contribution in [0.3, 0.4) is 0 Å². The van der Waals surface area contributed by atoms with Gasteiger partial charge in [0.2, 0.25) is 11.8 Å². The van der Waals surface area contributed by atoms with E-state index in [1.807, 2.05) is 37.3 Å². The third-order valence-corrected chi connectivity index (χ3v) is 3.11. The van der Waals surface area contributed by atoms with E-state index in [1.54, 1.807) is 0 Å². The second-order valence-corrected chi connectivity index (χ2v) is 4.21. The summed E-state index contributed by atoms with van der Waals surface area (Å²) in [5, 5.41) is 4.27. The highest BCUT2D eigenvalue weighted by Gasteiger charge is 2.39. The number of nitrogens with one attached hydrogen (secondary N) is 2. The zero-order valence-corrected chi connectivity index (χ0v) is 9.97. The van der Waals surface area contributed by atoms with Crippen LogP contribution in [0.4, 0.5) is 4.79 Å². The molecule has 2 rings (SSSR count). The lowest BCUT2D eigenvalue weighted by atomic mass is 9.82. The molecule has 0 unspecified atom stereocenters. The molecule has 94 valence electrons. The predicted octanol–water partition coefficient (Wildman–Crippen LogP) is 1.16. The summed E-state index contributed by atoms with van der Waals surface area (Å²) in [5.74, 6) is -2.13. The highest BCUT2D eigenvalue weighted by Crippen LogP contribution is 2.29. The molecule has 18 heavy (non-hydrogen) atoms. The van der Waals surface area contributed by atoms with Crippen LogP contribution < -0.4 is 10.6 Å². The van der Waals surface area contributed by atoms with Crippen molar-refractivity contribution in [2.45, 2.75) is 19.3 Å². The molecule has 4 amide bonds. The highest BCUT2D eigenvalue weighted by molar-refractivity contribution is 6.16. The van der Waals surface area contributed by atoms with Crippen LogP contribution >= 0.6 is 0 Å². The molecule has 1 aromatic carbocycles. The van der Waals surface area contributed by atoms with Gasteiger partial charge in [0.05, 0.1) is 0 Å². The number of hydrogen-bond donors (Lipinski definition) is 2. The summed E-state index contributed by atoms with van der Waals surface area (Å²) in [7, 11) is 0. The average molecular weight is 246 g/mol. The number of benzene rings is 1. The van der Waals surface area contributed by atoms with E-state index in [2.05, 4.69) is 10.6 Å². The first kappa shape index (κ1) is 12.3. The van der Waals surface area contributed by atoms with Gasteiger partial charge in [-0.25, -0.2) is 4.79 Å². The van der Waals surface area contributed by atoms with Crippen molar-refractivity contribution < 1.29 is 14.4 Å². The molecule has 0 aliphatic carbocycles. The Labute approximate surface area is 105 Å². The number of rotatable bonds is 3. The third-order valence-electron chi connectivity index (χ3n) is 3.11. The van der Waals surface area contributed by atoms with Gasteiger partial charge >= 0.3 is 6.03 Å². The van der Waals surface area contributed by atoms with Gasteiger partial charge in [0.25, 0.3) is 0 Å². The van der Waals surface area contributed by atoms with Crippen molar-refractivity contribution in [2.75, 3.05) is 0 Å². The van der Waals surface area contributed by atoms with E-state index in [9.17, 15) is 14.4 Å². The molecule has 0 aromatic heterocycles. The molecular formula is C13H14N2O3. The van der Waals surface area contributed by atoms with Crippen molar-refractivity contribution in [3.8, 4) is 0 Å². The van der Waals surface area contributed by atoms with Crippen LogP contribution in [-0.2, 0) is 9.59 Å². The number of urea groups is 1. The second-order valence-electron chi connectivity index (χ2n) is 4.21. The molecule has 1 heterocycles. The molecule has 5 heteroatoms. The van der Waals surface area contributed by atoms with E-state index in [1.165, 1.54) is 0 Å². The zero-order chi connectivity index (χ0) is 13.1. The minimum Gasteiger partial charge on any atom is -0.277 e. The molecule has 1 aliphatic heterocycles. The van der Waals surface area contributed by atoms with E-state index in [-0.39, 0.29) is 5.92 Å². The Hall–Kier alpha value is -2.17. The van der Waals surface area contributed by atoms with Crippen molar-refractivity contribution in [3.63, 3.8) is 0 Å². The summed E-state index contributed by atoms with van der Waals surface area (Å²) >= 11 is 0. The largest absolute Gasteiger partial charge is 0.328 e. The van der Waals surface area contributed by atoms with Gasteiger partial charge in [-0.1, -0.05) is 37.3 Å². The molecule has 0 saturated carbocycles. The second kappa shape index (κ2) is 5.00. The molecule has 0 radical (unpaired) electrons. The Kier molecular flexibility index (Phi) is 3.41. The quantitative estimate of drug-likeness (QED) is 0.786. The smallest absolute Gasteiger partial charge is 0.277 e. The molecule has 1 atom stereocenters. The number of barbiturate groups is 1. The first-order chi connectivity index (χ1) is 8.63. The van der Waals surface area contributed by atoms with E-state index in [4.69, 9.17) is 0 Å². The SMILES string of the molecule is CC[C@H](c1ccccc1)C1C(=O)NC(=O)NC1=O. The third kappa shape index (κ3) is 2.25. The van der Waals surface area contributed by atoms with Gasteiger partial charge in [0, 0.05) is 5.92 Å². The van der Waals surface area contributed by atoms with Crippen molar-refractivity contribution in [1.82, 2.24) is 10.6 Å². The molecule has 1 aromatic rings. The monoisotopic (exact) mass is 246 g/mol. The zero-order valence-electron chi connectivity index (χ0n) is 9.97. The maximum atomic E-state index is 11.8. The fraction of sp³-hybridized carbons (Fsp3) is 0.308. The summed E-state index contributed by atoms with van der Waals surface area (Å²) in [6, 6.07) is 8.62. The minimum atomic E-state index is -0.852. The fourth-order valence-electron chi connectivity index (χ4n) is 2.26.